The highest BCUT2D eigenvalue weighted by atomic mass is 19.1. The van der Waals surface area contributed by atoms with Crippen molar-refractivity contribution < 1.29 is 18.4 Å². The highest BCUT2D eigenvalue weighted by molar-refractivity contribution is 6.00. The van der Waals surface area contributed by atoms with Crippen LogP contribution in [-0.2, 0) is 4.79 Å². The summed E-state index contributed by atoms with van der Waals surface area (Å²) in [6, 6.07) is 3.81. The van der Waals surface area contributed by atoms with Crippen LogP contribution in [0.3, 0.4) is 0 Å². The Hall–Kier alpha value is -2.77. The van der Waals surface area contributed by atoms with E-state index in [4.69, 9.17) is 0 Å². The molecule has 6 nitrogen and oxygen atoms in total. The van der Waals surface area contributed by atoms with Crippen molar-refractivity contribution in [2.45, 2.75) is 19.1 Å². The Bertz CT molecular complexity index is 898. The Kier molecular flexibility index (Phi) is 3.97. The number of halogens is 2. The molecule has 1 aromatic carbocycles. The number of amides is 2. The number of carbonyl (C=O) groups is 2. The van der Waals surface area contributed by atoms with E-state index >= 15 is 0 Å². The van der Waals surface area contributed by atoms with E-state index in [1.165, 1.54) is 18.3 Å². The van der Waals surface area contributed by atoms with Crippen LogP contribution in [0.5, 0.6) is 0 Å². The maximum absolute atomic E-state index is 14.3. The minimum atomic E-state index is -0.931. The summed E-state index contributed by atoms with van der Waals surface area (Å²) in [4.78, 5) is 30.0. The van der Waals surface area contributed by atoms with Gasteiger partial charge in [0, 0.05) is 24.0 Å². The number of rotatable bonds is 3. The number of benzene rings is 1. The second-order valence-corrected chi connectivity index (χ2v) is 6.90. The second-order valence-electron chi connectivity index (χ2n) is 6.90. The molecule has 2 N–H and O–H groups in total. The Balaban J connectivity index is 1.58. The van der Waals surface area contributed by atoms with Crippen molar-refractivity contribution in [3.8, 4) is 0 Å². The second kappa shape index (κ2) is 6.19. The average molecular weight is 360 g/mol. The van der Waals surface area contributed by atoms with E-state index < -0.39 is 23.9 Å². The molecule has 1 aromatic heterocycles. The summed E-state index contributed by atoms with van der Waals surface area (Å²) in [5, 5.41) is 5.86. The zero-order valence-corrected chi connectivity index (χ0v) is 14.1. The fourth-order valence-corrected chi connectivity index (χ4v) is 3.31. The molecule has 2 atom stereocenters. The van der Waals surface area contributed by atoms with Crippen LogP contribution in [0.4, 0.5) is 14.5 Å². The fraction of sp³-hybridized carbons (Fsp3) is 0.389. The first-order valence-electron chi connectivity index (χ1n) is 8.49. The summed E-state index contributed by atoms with van der Waals surface area (Å²) < 4.78 is 27.3. The molecule has 2 aromatic rings. The molecule has 0 unspecified atom stereocenters. The molecule has 0 bridgehead atoms. The van der Waals surface area contributed by atoms with Gasteiger partial charge < -0.3 is 15.5 Å². The zero-order chi connectivity index (χ0) is 18.4. The number of anilines is 1. The number of nitrogens with zero attached hydrogens (tertiary/aromatic N) is 2. The van der Waals surface area contributed by atoms with Crippen molar-refractivity contribution in [2.75, 3.05) is 24.5 Å². The van der Waals surface area contributed by atoms with Gasteiger partial charge in [-0.05, 0) is 18.2 Å². The van der Waals surface area contributed by atoms with Gasteiger partial charge in [0.25, 0.3) is 5.91 Å². The Labute approximate surface area is 148 Å². The van der Waals surface area contributed by atoms with Gasteiger partial charge in [-0.3, -0.25) is 14.6 Å². The minimum absolute atomic E-state index is 0.00396. The number of hydrogen-bond acceptors (Lipinski definition) is 4. The smallest absolute Gasteiger partial charge is 0.253 e. The predicted molar refractivity (Wildman–Crippen MR) is 92.2 cm³/mol. The summed E-state index contributed by atoms with van der Waals surface area (Å²) in [5.41, 5.74) is 1.09. The van der Waals surface area contributed by atoms with Gasteiger partial charge in [-0.25, -0.2) is 8.78 Å². The molecule has 0 spiro atoms. The topological polar surface area (TPSA) is 74.3 Å². The number of nitrogens with one attached hydrogen (secondary N) is 2. The maximum Gasteiger partial charge on any atom is 0.253 e. The van der Waals surface area contributed by atoms with Crippen LogP contribution < -0.4 is 15.5 Å². The van der Waals surface area contributed by atoms with Crippen LogP contribution >= 0.6 is 0 Å². The monoisotopic (exact) mass is 360 g/mol. The quantitative estimate of drug-likeness (QED) is 0.868. The highest BCUT2D eigenvalue weighted by Crippen LogP contribution is 2.29. The molecule has 8 heteroatoms. The third-order valence-corrected chi connectivity index (χ3v) is 4.93. The largest absolute Gasteiger partial charge is 0.363 e. The SMILES string of the molecule is C[C@@H]1CNC(=O)[C@H]1NC(=O)c1cnc2cc(N3CC(F)C3)c(F)cc2c1. The predicted octanol–water partition coefficient (Wildman–Crippen LogP) is 1.40. The third-order valence-electron chi connectivity index (χ3n) is 4.93. The molecular weight excluding hydrogens is 342 g/mol. The van der Waals surface area contributed by atoms with E-state index in [0.29, 0.717) is 23.1 Å². The molecule has 0 aliphatic carbocycles. The highest BCUT2D eigenvalue weighted by Gasteiger charge is 2.33. The zero-order valence-electron chi connectivity index (χ0n) is 14.1. The van der Waals surface area contributed by atoms with Crippen LogP contribution in [0.1, 0.15) is 17.3 Å². The van der Waals surface area contributed by atoms with Crippen molar-refractivity contribution in [3.05, 3.63) is 35.8 Å². The van der Waals surface area contributed by atoms with E-state index in [1.807, 2.05) is 6.92 Å². The lowest BCUT2D eigenvalue weighted by Crippen LogP contribution is -2.48. The number of alkyl halides is 1. The van der Waals surface area contributed by atoms with E-state index in [9.17, 15) is 18.4 Å². The van der Waals surface area contributed by atoms with E-state index in [-0.39, 0.29) is 30.5 Å². The van der Waals surface area contributed by atoms with Gasteiger partial charge in [-0.2, -0.15) is 0 Å². The molecule has 2 saturated heterocycles. The number of fused-ring (bicyclic) bond motifs is 1. The minimum Gasteiger partial charge on any atom is -0.363 e. The summed E-state index contributed by atoms with van der Waals surface area (Å²) in [5.74, 6) is -1.12. The van der Waals surface area contributed by atoms with Gasteiger partial charge >= 0.3 is 0 Å². The number of pyridine rings is 1. The Morgan fingerprint density at radius 3 is 2.77 bits per heavy atom. The van der Waals surface area contributed by atoms with E-state index in [1.54, 1.807) is 11.0 Å². The summed E-state index contributed by atoms with van der Waals surface area (Å²) in [7, 11) is 0. The van der Waals surface area contributed by atoms with Gasteiger partial charge in [-0.1, -0.05) is 6.92 Å². The van der Waals surface area contributed by atoms with Gasteiger partial charge in [0.2, 0.25) is 5.91 Å². The maximum atomic E-state index is 14.3. The molecule has 2 amide bonds. The lowest BCUT2D eigenvalue weighted by molar-refractivity contribution is -0.121. The molecule has 0 radical (unpaired) electrons. The first kappa shape index (κ1) is 16.7. The fourth-order valence-electron chi connectivity index (χ4n) is 3.31. The molecule has 2 aliphatic rings. The standard InChI is InChI=1S/C18H18F2N4O2/c1-9-5-22-18(26)16(9)23-17(25)11-2-10-3-13(20)15(4-14(10)21-6-11)24-7-12(19)8-24/h2-4,6,9,12,16H,5,7-8H2,1H3,(H,22,26)(H,23,25)/t9-,16+/m1/s1. The first-order valence-corrected chi connectivity index (χ1v) is 8.49. The normalized spacial score (nSPS) is 23.0. The molecule has 136 valence electrons. The lowest BCUT2D eigenvalue weighted by Gasteiger charge is -2.36. The first-order chi connectivity index (χ1) is 12.4. The molecule has 26 heavy (non-hydrogen) atoms. The number of aromatic nitrogens is 1. The van der Waals surface area contributed by atoms with Crippen LogP contribution in [0.15, 0.2) is 24.4 Å². The van der Waals surface area contributed by atoms with Gasteiger partial charge in [0.15, 0.2) is 0 Å². The van der Waals surface area contributed by atoms with Crippen LogP contribution in [0.2, 0.25) is 0 Å². The van der Waals surface area contributed by atoms with Crippen molar-refractivity contribution in [1.82, 2.24) is 15.6 Å². The molecule has 3 heterocycles. The molecule has 2 fully saturated rings. The number of carbonyl (C=O) groups excluding carboxylic acids is 2. The Morgan fingerprint density at radius 2 is 2.12 bits per heavy atom. The summed E-state index contributed by atoms with van der Waals surface area (Å²) >= 11 is 0. The molecule has 2 aliphatic heterocycles. The van der Waals surface area contributed by atoms with Crippen molar-refractivity contribution in [3.63, 3.8) is 0 Å². The van der Waals surface area contributed by atoms with E-state index in [0.717, 1.165) is 0 Å². The Morgan fingerprint density at radius 1 is 1.35 bits per heavy atom. The van der Waals surface area contributed by atoms with Crippen LogP contribution in [-0.4, -0.2) is 48.6 Å². The summed E-state index contributed by atoms with van der Waals surface area (Å²) in [6.07, 6.45) is 0.463. The van der Waals surface area contributed by atoms with E-state index in [2.05, 4.69) is 15.6 Å². The van der Waals surface area contributed by atoms with Crippen molar-refractivity contribution in [2.24, 2.45) is 5.92 Å². The third kappa shape index (κ3) is 2.85. The molecule has 0 saturated carbocycles. The van der Waals surface area contributed by atoms with Crippen molar-refractivity contribution >= 4 is 28.4 Å². The average Bonchev–Trinajstić information content (AvgIpc) is 2.90. The summed E-state index contributed by atoms with van der Waals surface area (Å²) in [6.45, 7) is 2.73. The van der Waals surface area contributed by atoms with Gasteiger partial charge in [0.1, 0.15) is 18.0 Å². The number of hydrogen-bond donors (Lipinski definition) is 2. The van der Waals surface area contributed by atoms with Crippen LogP contribution in [0.25, 0.3) is 10.9 Å². The van der Waals surface area contributed by atoms with Crippen LogP contribution in [0, 0.1) is 11.7 Å². The molecule has 4 rings (SSSR count). The lowest BCUT2D eigenvalue weighted by atomic mass is 10.0. The van der Waals surface area contributed by atoms with Gasteiger partial charge in [0.05, 0.1) is 29.9 Å². The molecular formula is C18H18F2N4O2. The van der Waals surface area contributed by atoms with Gasteiger partial charge in [-0.15, -0.1) is 0 Å². The van der Waals surface area contributed by atoms with Crippen molar-refractivity contribution in [1.29, 1.82) is 0 Å².